The number of carbonyl (C=O) groups is 1. The molecule has 3 rings (SSSR count). The van der Waals surface area contributed by atoms with E-state index in [9.17, 15) is 4.79 Å². The van der Waals surface area contributed by atoms with E-state index in [0.29, 0.717) is 11.0 Å². The van der Waals surface area contributed by atoms with Gasteiger partial charge in [0.15, 0.2) is 5.13 Å². The molecule has 0 spiro atoms. The molecular weight excluding hydrogens is 308 g/mol. The average Bonchev–Trinajstić information content (AvgIpc) is 3.11. The summed E-state index contributed by atoms with van der Waals surface area (Å²) < 4.78 is 0. The minimum Gasteiger partial charge on any atom is -0.302 e. The zero-order chi connectivity index (χ0) is 16.2. The van der Waals surface area contributed by atoms with Crippen LogP contribution in [0.3, 0.4) is 0 Å². The molecule has 0 bridgehead atoms. The number of amides is 1. The maximum Gasteiger partial charge on any atom is 0.223 e. The molecule has 1 N–H and O–H groups in total. The van der Waals surface area contributed by atoms with Gasteiger partial charge in [0, 0.05) is 43.0 Å². The summed E-state index contributed by atoms with van der Waals surface area (Å²) in [5.41, 5.74) is 2.40. The first-order valence-electron chi connectivity index (χ1n) is 7.94. The van der Waals surface area contributed by atoms with Gasteiger partial charge >= 0.3 is 0 Å². The van der Waals surface area contributed by atoms with Crippen molar-refractivity contribution in [3.8, 4) is 0 Å². The fraction of sp³-hybridized carbons (Fsp3) is 0.471. The number of aryl methyl sites for hydroxylation is 1. The Hall–Kier alpha value is -1.79. The molecule has 1 atom stereocenters. The van der Waals surface area contributed by atoms with E-state index in [-0.39, 0.29) is 5.91 Å². The van der Waals surface area contributed by atoms with Crippen LogP contribution in [0.1, 0.15) is 29.5 Å². The molecule has 122 valence electrons. The van der Waals surface area contributed by atoms with Crippen LogP contribution >= 0.6 is 11.3 Å². The second kappa shape index (κ2) is 7.19. The number of carbonyl (C=O) groups excluding carboxylic acids is 1. The van der Waals surface area contributed by atoms with Crippen LogP contribution in [0.5, 0.6) is 0 Å². The summed E-state index contributed by atoms with van der Waals surface area (Å²) in [4.78, 5) is 23.3. The third-order valence-electron chi connectivity index (χ3n) is 4.08. The third kappa shape index (κ3) is 4.59. The Morgan fingerprint density at radius 2 is 2.26 bits per heavy atom. The third-order valence-corrected chi connectivity index (χ3v) is 4.98. The van der Waals surface area contributed by atoms with Crippen LogP contribution < -0.4 is 5.32 Å². The Balaban J connectivity index is 1.50. The molecule has 1 fully saturated rings. The smallest absolute Gasteiger partial charge is 0.223 e. The highest BCUT2D eigenvalue weighted by atomic mass is 32.1. The van der Waals surface area contributed by atoms with Crippen LogP contribution in [0.15, 0.2) is 24.5 Å². The van der Waals surface area contributed by atoms with Gasteiger partial charge in [-0.15, -0.1) is 11.3 Å². The Morgan fingerprint density at radius 1 is 1.39 bits per heavy atom. The summed E-state index contributed by atoms with van der Waals surface area (Å²) in [6.45, 7) is 6.68. The highest BCUT2D eigenvalue weighted by Gasteiger charge is 2.23. The highest BCUT2D eigenvalue weighted by Crippen LogP contribution is 2.25. The lowest BCUT2D eigenvalue weighted by Gasteiger charge is -2.14. The molecule has 0 radical (unpaired) electrons. The quantitative estimate of drug-likeness (QED) is 0.916. The lowest BCUT2D eigenvalue weighted by atomic mass is 10.00. The minimum atomic E-state index is -0.0705. The van der Waals surface area contributed by atoms with Crippen molar-refractivity contribution in [3.63, 3.8) is 0 Å². The van der Waals surface area contributed by atoms with Crippen molar-refractivity contribution >= 4 is 22.4 Å². The SMILES string of the molecule is CC(=O)Nc1ncc(CN2CCC(Cc3ccc(C)nc3)C2)s1. The van der Waals surface area contributed by atoms with Crippen LogP contribution in [-0.2, 0) is 17.8 Å². The van der Waals surface area contributed by atoms with Gasteiger partial charge in [0.05, 0.1) is 0 Å². The first-order chi connectivity index (χ1) is 11.1. The lowest BCUT2D eigenvalue weighted by molar-refractivity contribution is -0.114. The molecule has 5 nitrogen and oxygen atoms in total. The molecular formula is C17H22N4OS. The number of nitrogens with one attached hydrogen (secondary N) is 1. The fourth-order valence-corrected chi connectivity index (χ4v) is 3.89. The molecule has 1 amide bonds. The van der Waals surface area contributed by atoms with E-state index in [2.05, 4.69) is 32.3 Å². The van der Waals surface area contributed by atoms with E-state index >= 15 is 0 Å². The molecule has 23 heavy (non-hydrogen) atoms. The molecule has 1 saturated heterocycles. The molecule has 1 aliphatic heterocycles. The zero-order valence-electron chi connectivity index (χ0n) is 13.6. The lowest BCUT2D eigenvalue weighted by Crippen LogP contribution is -2.20. The summed E-state index contributed by atoms with van der Waals surface area (Å²) in [5.74, 6) is 0.626. The van der Waals surface area contributed by atoms with Crippen LogP contribution in [0, 0.1) is 12.8 Å². The van der Waals surface area contributed by atoms with Crippen molar-refractivity contribution < 1.29 is 4.79 Å². The molecule has 0 aliphatic carbocycles. The van der Waals surface area contributed by atoms with E-state index in [1.54, 1.807) is 11.3 Å². The predicted octanol–water partition coefficient (Wildman–Crippen LogP) is 2.87. The molecule has 2 aromatic rings. The Bertz CT molecular complexity index is 667. The number of anilines is 1. The highest BCUT2D eigenvalue weighted by molar-refractivity contribution is 7.15. The van der Waals surface area contributed by atoms with Gasteiger partial charge < -0.3 is 5.32 Å². The van der Waals surface area contributed by atoms with Crippen molar-refractivity contribution in [2.24, 2.45) is 5.92 Å². The van der Waals surface area contributed by atoms with Gasteiger partial charge in [0.2, 0.25) is 5.91 Å². The van der Waals surface area contributed by atoms with Crippen LogP contribution in [-0.4, -0.2) is 33.9 Å². The molecule has 1 unspecified atom stereocenters. The van der Waals surface area contributed by atoms with Gasteiger partial charge in [0.1, 0.15) is 0 Å². The largest absolute Gasteiger partial charge is 0.302 e. The van der Waals surface area contributed by atoms with Crippen LogP contribution in [0.25, 0.3) is 0 Å². The van der Waals surface area contributed by atoms with Gasteiger partial charge in [-0.05, 0) is 43.9 Å². The van der Waals surface area contributed by atoms with Crippen LogP contribution in [0.2, 0.25) is 0 Å². The van der Waals surface area contributed by atoms with E-state index < -0.39 is 0 Å². The Morgan fingerprint density at radius 3 is 3.00 bits per heavy atom. The molecule has 2 aromatic heterocycles. The van der Waals surface area contributed by atoms with E-state index in [4.69, 9.17) is 0 Å². The van der Waals surface area contributed by atoms with Crippen molar-refractivity contribution in [1.29, 1.82) is 0 Å². The van der Waals surface area contributed by atoms with E-state index in [0.717, 1.165) is 31.7 Å². The Kier molecular flexibility index (Phi) is 5.03. The summed E-state index contributed by atoms with van der Waals surface area (Å²) >= 11 is 1.56. The number of likely N-dealkylation sites (tertiary alicyclic amines) is 1. The van der Waals surface area contributed by atoms with Gasteiger partial charge in [-0.25, -0.2) is 4.98 Å². The number of thiazole rings is 1. The van der Waals surface area contributed by atoms with Gasteiger partial charge in [-0.1, -0.05) is 6.07 Å². The molecule has 1 aliphatic rings. The second-order valence-corrected chi connectivity index (χ2v) is 7.33. The zero-order valence-corrected chi connectivity index (χ0v) is 14.4. The number of hydrogen-bond donors (Lipinski definition) is 1. The van der Waals surface area contributed by atoms with E-state index in [1.807, 2.05) is 19.3 Å². The number of pyridine rings is 1. The minimum absolute atomic E-state index is 0.0705. The maximum atomic E-state index is 11.0. The standard InChI is InChI=1S/C17H22N4OS/c1-12-3-4-14(8-18-12)7-15-5-6-21(10-15)11-16-9-19-17(23-16)20-13(2)22/h3-4,8-9,15H,5-7,10-11H2,1-2H3,(H,19,20,22). The number of rotatable bonds is 5. The number of hydrogen-bond acceptors (Lipinski definition) is 5. The summed E-state index contributed by atoms with van der Waals surface area (Å²) in [5, 5.41) is 3.43. The van der Waals surface area contributed by atoms with Gasteiger partial charge in [0.25, 0.3) is 0 Å². The summed E-state index contributed by atoms with van der Waals surface area (Å²) in [6.07, 6.45) is 6.20. The first kappa shape index (κ1) is 16.1. The van der Waals surface area contributed by atoms with Crippen LogP contribution in [0.4, 0.5) is 5.13 Å². The predicted molar refractivity (Wildman–Crippen MR) is 92.5 cm³/mol. The average molecular weight is 330 g/mol. The molecule has 6 heteroatoms. The summed E-state index contributed by atoms with van der Waals surface area (Å²) in [6, 6.07) is 4.27. The number of aromatic nitrogens is 2. The molecule has 3 heterocycles. The first-order valence-corrected chi connectivity index (χ1v) is 8.76. The second-order valence-electron chi connectivity index (χ2n) is 6.21. The van der Waals surface area contributed by atoms with E-state index in [1.165, 1.54) is 23.8 Å². The maximum absolute atomic E-state index is 11.0. The normalized spacial score (nSPS) is 18.3. The molecule has 0 saturated carbocycles. The monoisotopic (exact) mass is 330 g/mol. The fourth-order valence-electron chi connectivity index (χ4n) is 2.98. The van der Waals surface area contributed by atoms with Crippen molar-refractivity contribution in [2.75, 3.05) is 18.4 Å². The topological polar surface area (TPSA) is 58.1 Å². The van der Waals surface area contributed by atoms with Crippen molar-refractivity contribution in [1.82, 2.24) is 14.9 Å². The van der Waals surface area contributed by atoms with Gasteiger partial charge in [-0.3, -0.25) is 14.7 Å². The van der Waals surface area contributed by atoms with Crippen molar-refractivity contribution in [2.45, 2.75) is 33.2 Å². The number of nitrogens with zero attached hydrogens (tertiary/aromatic N) is 3. The Labute approximate surface area is 140 Å². The molecule has 0 aromatic carbocycles. The van der Waals surface area contributed by atoms with Gasteiger partial charge in [-0.2, -0.15) is 0 Å². The summed E-state index contributed by atoms with van der Waals surface area (Å²) in [7, 11) is 0. The van der Waals surface area contributed by atoms with Crippen molar-refractivity contribution in [3.05, 3.63) is 40.7 Å².